The lowest BCUT2D eigenvalue weighted by molar-refractivity contribution is -0.147. The predicted molar refractivity (Wildman–Crippen MR) is 90.0 cm³/mol. The molecule has 0 aromatic carbocycles. The van der Waals surface area contributed by atoms with Crippen LogP contribution in [0.1, 0.15) is 33.1 Å². The second-order valence-corrected chi connectivity index (χ2v) is 6.43. The second-order valence-electron chi connectivity index (χ2n) is 6.43. The number of carbonyl (C=O) groups is 2. The molecule has 1 aliphatic carbocycles. The molecule has 1 N–H and O–H groups in total. The third-order valence-corrected chi connectivity index (χ3v) is 4.40. The summed E-state index contributed by atoms with van der Waals surface area (Å²) in [5.41, 5.74) is 2.48. The maximum Gasteiger partial charge on any atom is 0.336 e. The van der Waals surface area contributed by atoms with E-state index >= 15 is 0 Å². The van der Waals surface area contributed by atoms with Gasteiger partial charge in [-0.3, -0.25) is 0 Å². The van der Waals surface area contributed by atoms with E-state index in [1.165, 1.54) is 0 Å². The predicted octanol–water partition coefficient (Wildman–Crippen LogP) is 2.62. The summed E-state index contributed by atoms with van der Waals surface area (Å²) in [6.07, 6.45) is 5.19. The molecule has 0 aromatic rings. The van der Waals surface area contributed by atoms with E-state index in [2.05, 4.69) is 19.2 Å². The van der Waals surface area contributed by atoms with Crippen molar-refractivity contribution < 1.29 is 24.2 Å². The smallest absolute Gasteiger partial charge is 0.336 e. The van der Waals surface area contributed by atoms with Gasteiger partial charge in [0, 0.05) is 12.0 Å². The summed E-state index contributed by atoms with van der Waals surface area (Å²) in [4.78, 5) is 24.1. The molecule has 1 aliphatic heterocycles. The number of esters is 2. The van der Waals surface area contributed by atoms with E-state index in [4.69, 9.17) is 14.6 Å². The third kappa shape index (κ3) is 4.03. The third-order valence-electron chi connectivity index (χ3n) is 4.40. The maximum absolute atomic E-state index is 12.1. The average molecular weight is 332 g/mol. The summed E-state index contributed by atoms with van der Waals surface area (Å²) in [7, 11) is 0. The first-order chi connectivity index (χ1) is 11.3. The van der Waals surface area contributed by atoms with Gasteiger partial charge in [-0.1, -0.05) is 30.4 Å². The Morgan fingerprint density at radius 2 is 2.12 bits per heavy atom. The molecule has 1 saturated heterocycles. The van der Waals surface area contributed by atoms with Gasteiger partial charge in [0.1, 0.15) is 12.2 Å². The number of allylic oxidation sites excluding steroid dienone is 2. The van der Waals surface area contributed by atoms with Crippen LogP contribution in [0.2, 0.25) is 0 Å². The Kier molecular flexibility index (Phi) is 5.78. The number of ether oxygens (including phenoxy) is 2. The van der Waals surface area contributed by atoms with Crippen LogP contribution in [0.3, 0.4) is 0 Å². The highest BCUT2D eigenvalue weighted by atomic mass is 16.6. The zero-order valence-electron chi connectivity index (χ0n) is 14.2. The summed E-state index contributed by atoms with van der Waals surface area (Å²) >= 11 is 0. The Morgan fingerprint density at radius 1 is 1.42 bits per heavy atom. The number of rotatable bonds is 3. The van der Waals surface area contributed by atoms with Gasteiger partial charge in [0.15, 0.2) is 0 Å². The first kappa shape index (κ1) is 18.2. The topological polar surface area (TPSA) is 72.8 Å². The van der Waals surface area contributed by atoms with Crippen molar-refractivity contribution >= 4 is 11.9 Å². The highest BCUT2D eigenvalue weighted by molar-refractivity contribution is 5.92. The second kappa shape index (κ2) is 7.62. The van der Waals surface area contributed by atoms with Crippen LogP contribution in [0.25, 0.3) is 0 Å². The van der Waals surface area contributed by atoms with Gasteiger partial charge in [0.2, 0.25) is 0 Å². The van der Waals surface area contributed by atoms with E-state index in [0.29, 0.717) is 12.0 Å². The van der Waals surface area contributed by atoms with Crippen LogP contribution in [0.4, 0.5) is 0 Å². The number of hydrogen-bond donors (Lipinski definition) is 1. The molecule has 0 amide bonds. The van der Waals surface area contributed by atoms with E-state index in [9.17, 15) is 9.59 Å². The molecule has 0 bridgehead atoms. The highest BCUT2D eigenvalue weighted by Gasteiger charge is 2.44. The van der Waals surface area contributed by atoms with Gasteiger partial charge < -0.3 is 14.6 Å². The van der Waals surface area contributed by atoms with Crippen molar-refractivity contribution in [1.82, 2.24) is 0 Å². The van der Waals surface area contributed by atoms with Crippen LogP contribution in [0.15, 0.2) is 47.6 Å². The van der Waals surface area contributed by atoms with Crippen molar-refractivity contribution in [2.75, 3.05) is 6.61 Å². The van der Waals surface area contributed by atoms with E-state index in [0.717, 1.165) is 24.0 Å². The summed E-state index contributed by atoms with van der Waals surface area (Å²) in [5.74, 6) is -1.57. The van der Waals surface area contributed by atoms with E-state index in [1.54, 1.807) is 0 Å². The van der Waals surface area contributed by atoms with Crippen LogP contribution >= 0.6 is 0 Å². The molecule has 2 aliphatic rings. The molecular weight excluding hydrogens is 308 g/mol. The minimum absolute atomic E-state index is 0.0205. The Hall–Kier alpha value is -2.14. The van der Waals surface area contributed by atoms with Gasteiger partial charge in [-0.25, -0.2) is 9.59 Å². The quantitative estimate of drug-likeness (QED) is 0.489. The van der Waals surface area contributed by atoms with E-state index in [1.807, 2.05) is 19.9 Å². The minimum Gasteiger partial charge on any atom is -0.458 e. The number of aliphatic hydroxyl groups is 1. The first-order valence-corrected chi connectivity index (χ1v) is 8.05. The lowest BCUT2D eigenvalue weighted by Gasteiger charge is -2.27. The molecule has 5 heteroatoms. The van der Waals surface area contributed by atoms with Crippen LogP contribution in [-0.4, -0.2) is 35.9 Å². The molecule has 1 fully saturated rings. The van der Waals surface area contributed by atoms with Crippen molar-refractivity contribution in [3.05, 3.63) is 47.6 Å². The normalized spacial score (nSPS) is 31.9. The SMILES string of the molecule is C=C(CO)C(=O)O[C@H]1C/C(C)=C/CC/C(C)=C/[C@H]2OC(=O)C(=C)[C@H]12. The van der Waals surface area contributed by atoms with Gasteiger partial charge in [0.25, 0.3) is 0 Å². The molecule has 130 valence electrons. The van der Waals surface area contributed by atoms with Gasteiger partial charge in [-0.15, -0.1) is 0 Å². The minimum atomic E-state index is -0.668. The fourth-order valence-corrected chi connectivity index (χ4v) is 3.02. The van der Waals surface area contributed by atoms with Crippen molar-refractivity contribution in [1.29, 1.82) is 0 Å². The zero-order chi connectivity index (χ0) is 17.9. The van der Waals surface area contributed by atoms with Crippen LogP contribution in [-0.2, 0) is 19.1 Å². The number of aliphatic hydroxyl groups excluding tert-OH is 1. The van der Waals surface area contributed by atoms with Gasteiger partial charge in [-0.05, 0) is 32.8 Å². The summed E-state index contributed by atoms with van der Waals surface area (Å²) in [6, 6.07) is 0. The van der Waals surface area contributed by atoms with Gasteiger partial charge in [-0.2, -0.15) is 0 Å². The average Bonchev–Trinajstić information content (AvgIpc) is 2.79. The van der Waals surface area contributed by atoms with E-state index in [-0.39, 0.29) is 5.57 Å². The molecular formula is C19H24O5. The lowest BCUT2D eigenvalue weighted by atomic mass is 9.85. The Morgan fingerprint density at radius 3 is 2.79 bits per heavy atom. The summed E-state index contributed by atoms with van der Waals surface area (Å²) in [5, 5.41) is 9.07. The fourth-order valence-electron chi connectivity index (χ4n) is 3.02. The standard InChI is InChI=1S/C19H24O5/c1-11-6-5-7-12(2)9-16-17(14(4)19(22)24-16)15(8-11)23-18(21)13(3)10-20/h6,9,15-17,20H,3-5,7-8,10H2,1-2H3/b11-6+,12-9+/t15-,16+,17+/m0/s1. The molecule has 1 heterocycles. The Bertz CT molecular complexity index is 626. The zero-order valence-corrected chi connectivity index (χ0v) is 14.2. The Balaban J connectivity index is 2.36. The molecule has 24 heavy (non-hydrogen) atoms. The van der Waals surface area contributed by atoms with Crippen molar-refractivity contribution in [3.63, 3.8) is 0 Å². The van der Waals surface area contributed by atoms with Crippen molar-refractivity contribution in [2.24, 2.45) is 5.92 Å². The maximum atomic E-state index is 12.1. The molecule has 3 atom stereocenters. The number of fused-ring (bicyclic) bond motifs is 1. The van der Waals surface area contributed by atoms with Crippen LogP contribution < -0.4 is 0 Å². The lowest BCUT2D eigenvalue weighted by Crippen LogP contribution is -2.34. The molecule has 0 unspecified atom stereocenters. The largest absolute Gasteiger partial charge is 0.458 e. The van der Waals surface area contributed by atoms with Crippen molar-refractivity contribution in [3.8, 4) is 0 Å². The van der Waals surface area contributed by atoms with Gasteiger partial charge >= 0.3 is 11.9 Å². The Labute approximate surface area is 142 Å². The monoisotopic (exact) mass is 332 g/mol. The highest BCUT2D eigenvalue weighted by Crippen LogP contribution is 2.36. The summed E-state index contributed by atoms with van der Waals surface area (Å²) < 4.78 is 11.0. The summed E-state index contributed by atoms with van der Waals surface area (Å²) in [6.45, 7) is 10.8. The van der Waals surface area contributed by atoms with Gasteiger partial charge in [0.05, 0.1) is 18.1 Å². The molecule has 5 nitrogen and oxygen atoms in total. The number of carbonyl (C=O) groups excluding carboxylic acids is 2. The molecule has 0 saturated carbocycles. The molecule has 0 radical (unpaired) electrons. The van der Waals surface area contributed by atoms with E-state index < -0.39 is 36.7 Å². The first-order valence-electron chi connectivity index (χ1n) is 8.05. The molecule has 0 spiro atoms. The number of hydrogen-bond acceptors (Lipinski definition) is 5. The fraction of sp³-hybridized carbons (Fsp3) is 0.474. The van der Waals surface area contributed by atoms with Crippen LogP contribution in [0.5, 0.6) is 0 Å². The van der Waals surface area contributed by atoms with Crippen LogP contribution in [0, 0.1) is 5.92 Å². The molecule has 2 rings (SSSR count). The van der Waals surface area contributed by atoms with Crippen molar-refractivity contribution in [2.45, 2.75) is 45.3 Å². The molecule has 0 aromatic heterocycles.